The molecule has 2 aromatic rings. The van der Waals surface area contributed by atoms with Crippen LogP contribution >= 0.6 is 11.6 Å². The number of para-hydroxylation sites is 1. The third kappa shape index (κ3) is 10.1. The molecule has 8 heteroatoms. The van der Waals surface area contributed by atoms with Gasteiger partial charge in [0, 0.05) is 6.54 Å². The lowest BCUT2D eigenvalue weighted by molar-refractivity contribution is -0.141. The van der Waals surface area contributed by atoms with Crippen molar-refractivity contribution in [2.45, 2.75) is 106 Å². The third-order valence-electron chi connectivity index (χ3n) is 6.95. The molecule has 0 aromatic heterocycles. The molecule has 7 nitrogen and oxygen atoms in total. The SMILES string of the molecule is CCCCCN(C(=O)C(CC(C)C)NC(=O)OC(C)(C)C)C(C(=O)Nc1c(C)cccc1Cl)c1cccc(C)c1C. The van der Waals surface area contributed by atoms with E-state index in [0.717, 1.165) is 35.1 Å². The molecule has 41 heavy (non-hydrogen) atoms. The Morgan fingerprint density at radius 3 is 2.20 bits per heavy atom. The molecule has 3 amide bonds. The number of alkyl carbamates (subject to hydrolysis) is 1. The molecule has 0 aliphatic rings. The van der Waals surface area contributed by atoms with Gasteiger partial charge in [0.05, 0.1) is 10.7 Å². The number of anilines is 1. The van der Waals surface area contributed by atoms with E-state index in [2.05, 4.69) is 17.6 Å². The minimum atomic E-state index is -0.940. The standard InChI is InChI=1S/C33H48ClN3O4/c1-10-11-12-19-37(31(39)27(20-21(2)3)35-32(40)41-33(7,8)9)29(25-17-13-15-22(4)24(25)6)30(38)36-28-23(5)16-14-18-26(28)34/h13-18,21,27,29H,10-12,19-20H2,1-9H3,(H,35,40)(H,36,38). The molecule has 2 atom stereocenters. The maximum atomic E-state index is 14.4. The van der Waals surface area contributed by atoms with Crippen LogP contribution in [-0.2, 0) is 14.3 Å². The number of nitrogens with zero attached hydrogens (tertiary/aromatic N) is 1. The van der Waals surface area contributed by atoms with E-state index in [1.807, 2.05) is 65.0 Å². The molecule has 2 aromatic carbocycles. The first-order valence-electron chi connectivity index (χ1n) is 14.6. The fourth-order valence-electron chi connectivity index (χ4n) is 4.74. The average molecular weight is 586 g/mol. The van der Waals surface area contributed by atoms with E-state index in [1.165, 1.54) is 0 Å². The number of ether oxygens (including phenoxy) is 1. The van der Waals surface area contributed by atoms with Crippen LogP contribution in [0.25, 0.3) is 0 Å². The number of hydrogen-bond acceptors (Lipinski definition) is 4. The highest BCUT2D eigenvalue weighted by Crippen LogP contribution is 2.32. The van der Waals surface area contributed by atoms with Crippen molar-refractivity contribution < 1.29 is 19.1 Å². The zero-order valence-electron chi connectivity index (χ0n) is 26.2. The maximum Gasteiger partial charge on any atom is 0.408 e. The van der Waals surface area contributed by atoms with Gasteiger partial charge in [-0.3, -0.25) is 9.59 Å². The molecule has 0 saturated carbocycles. The molecular formula is C33H48ClN3O4. The van der Waals surface area contributed by atoms with Gasteiger partial charge in [0.1, 0.15) is 17.7 Å². The predicted molar refractivity (Wildman–Crippen MR) is 167 cm³/mol. The van der Waals surface area contributed by atoms with Gasteiger partial charge in [-0.15, -0.1) is 0 Å². The van der Waals surface area contributed by atoms with Crippen molar-refractivity contribution >= 4 is 35.2 Å². The Balaban J connectivity index is 2.64. The van der Waals surface area contributed by atoms with Crippen molar-refractivity contribution in [3.63, 3.8) is 0 Å². The first kappa shape index (κ1) is 34.1. The molecule has 0 heterocycles. The minimum absolute atomic E-state index is 0.107. The summed E-state index contributed by atoms with van der Waals surface area (Å²) in [7, 11) is 0. The Bertz CT molecular complexity index is 1190. The quantitative estimate of drug-likeness (QED) is 0.248. The number of hydrogen-bond donors (Lipinski definition) is 2. The lowest BCUT2D eigenvalue weighted by atomic mass is 9.94. The number of carbonyl (C=O) groups excluding carboxylic acids is 3. The van der Waals surface area contributed by atoms with Crippen LogP contribution in [0.5, 0.6) is 0 Å². The molecule has 0 bridgehead atoms. The van der Waals surface area contributed by atoms with Gasteiger partial charge in [-0.1, -0.05) is 75.5 Å². The number of rotatable bonds is 12. The molecule has 0 aliphatic carbocycles. The molecule has 2 rings (SSSR count). The van der Waals surface area contributed by atoms with Crippen molar-refractivity contribution in [1.29, 1.82) is 0 Å². The highest BCUT2D eigenvalue weighted by molar-refractivity contribution is 6.34. The van der Waals surface area contributed by atoms with Crippen LogP contribution in [0.1, 0.15) is 95.5 Å². The largest absolute Gasteiger partial charge is 0.444 e. The summed E-state index contributed by atoms with van der Waals surface area (Å²) in [6, 6.07) is 9.41. The molecule has 0 spiro atoms. The predicted octanol–water partition coefficient (Wildman–Crippen LogP) is 7.90. The maximum absolute atomic E-state index is 14.4. The Labute approximate surface area is 251 Å². The molecule has 0 aliphatic heterocycles. The third-order valence-corrected chi connectivity index (χ3v) is 7.27. The number of nitrogens with one attached hydrogen (secondary N) is 2. The summed E-state index contributed by atoms with van der Waals surface area (Å²) in [6.07, 6.45) is 2.29. The van der Waals surface area contributed by atoms with Crippen LogP contribution in [0.3, 0.4) is 0 Å². The van der Waals surface area contributed by atoms with Gasteiger partial charge < -0.3 is 20.3 Å². The van der Waals surface area contributed by atoms with Gasteiger partial charge in [-0.05, 0) is 88.6 Å². The number of amides is 3. The number of aryl methyl sites for hydroxylation is 2. The Morgan fingerprint density at radius 1 is 0.976 bits per heavy atom. The molecule has 2 unspecified atom stereocenters. The highest BCUT2D eigenvalue weighted by Gasteiger charge is 2.37. The van der Waals surface area contributed by atoms with E-state index in [1.54, 1.807) is 31.7 Å². The zero-order chi connectivity index (χ0) is 30.9. The molecule has 0 fully saturated rings. The van der Waals surface area contributed by atoms with Crippen molar-refractivity contribution in [3.8, 4) is 0 Å². The van der Waals surface area contributed by atoms with Gasteiger partial charge in [0.25, 0.3) is 5.91 Å². The van der Waals surface area contributed by atoms with E-state index in [-0.39, 0.29) is 17.7 Å². The molecule has 0 saturated heterocycles. The van der Waals surface area contributed by atoms with Crippen LogP contribution < -0.4 is 10.6 Å². The topological polar surface area (TPSA) is 87.7 Å². The van der Waals surface area contributed by atoms with E-state index in [0.29, 0.717) is 30.1 Å². The van der Waals surface area contributed by atoms with Crippen molar-refractivity contribution in [2.24, 2.45) is 5.92 Å². The number of halogens is 1. The fourth-order valence-corrected chi connectivity index (χ4v) is 5.01. The number of carbonyl (C=O) groups is 3. The van der Waals surface area contributed by atoms with E-state index >= 15 is 0 Å². The van der Waals surface area contributed by atoms with E-state index < -0.39 is 23.8 Å². The number of unbranched alkanes of at least 4 members (excludes halogenated alkanes) is 2. The number of benzene rings is 2. The highest BCUT2D eigenvalue weighted by atomic mass is 35.5. The average Bonchev–Trinajstić information content (AvgIpc) is 2.86. The first-order chi connectivity index (χ1) is 19.2. The molecule has 226 valence electrons. The minimum Gasteiger partial charge on any atom is -0.444 e. The van der Waals surface area contributed by atoms with E-state index in [9.17, 15) is 14.4 Å². The van der Waals surface area contributed by atoms with Crippen LogP contribution in [-0.4, -0.2) is 41.0 Å². The van der Waals surface area contributed by atoms with Crippen molar-refractivity contribution in [3.05, 3.63) is 63.7 Å². The summed E-state index contributed by atoms with van der Waals surface area (Å²) in [5.41, 5.74) is 3.29. The molecule has 2 N–H and O–H groups in total. The normalized spacial score (nSPS) is 13.0. The van der Waals surface area contributed by atoms with Crippen LogP contribution in [0.2, 0.25) is 5.02 Å². The van der Waals surface area contributed by atoms with Crippen LogP contribution in [0, 0.1) is 26.7 Å². The van der Waals surface area contributed by atoms with Crippen LogP contribution in [0.4, 0.5) is 10.5 Å². The second-order valence-corrected chi connectivity index (χ2v) is 12.6. The Kier molecular flexibility index (Phi) is 12.7. The second kappa shape index (κ2) is 15.2. The lowest BCUT2D eigenvalue weighted by Crippen LogP contribution is -2.53. The summed E-state index contributed by atoms with van der Waals surface area (Å²) < 4.78 is 5.50. The summed E-state index contributed by atoms with van der Waals surface area (Å²) in [5, 5.41) is 6.26. The summed E-state index contributed by atoms with van der Waals surface area (Å²) in [6.45, 7) is 17.6. The van der Waals surface area contributed by atoms with Crippen molar-refractivity contribution in [1.82, 2.24) is 10.2 Å². The van der Waals surface area contributed by atoms with Gasteiger partial charge in [0.2, 0.25) is 5.91 Å². The van der Waals surface area contributed by atoms with Gasteiger partial charge in [-0.2, -0.15) is 0 Å². The zero-order valence-corrected chi connectivity index (χ0v) is 26.9. The smallest absolute Gasteiger partial charge is 0.408 e. The van der Waals surface area contributed by atoms with Gasteiger partial charge in [0.15, 0.2) is 0 Å². The van der Waals surface area contributed by atoms with Gasteiger partial charge >= 0.3 is 6.09 Å². The first-order valence-corrected chi connectivity index (χ1v) is 15.0. The van der Waals surface area contributed by atoms with E-state index in [4.69, 9.17) is 16.3 Å². The summed E-state index contributed by atoms with van der Waals surface area (Å²) in [4.78, 5) is 43.1. The molecular weight excluding hydrogens is 538 g/mol. The monoisotopic (exact) mass is 585 g/mol. The fraction of sp³-hybridized carbons (Fsp3) is 0.545. The van der Waals surface area contributed by atoms with Gasteiger partial charge in [-0.25, -0.2) is 4.79 Å². The van der Waals surface area contributed by atoms with Crippen LogP contribution in [0.15, 0.2) is 36.4 Å². The summed E-state index contributed by atoms with van der Waals surface area (Å²) in [5.74, 6) is -0.576. The molecule has 0 radical (unpaired) electrons. The Hall–Kier alpha value is -3.06. The van der Waals surface area contributed by atoms with Crippen molar-refractivity contribution in [2.75, 3.05) is 11.9 Å². The Morgan fingerprint density at radius 2 is 1.61 bits per heavy atom. The second-order valence-electron chi connectivity index (χ2n) is 12.2. The lowest BCUT2D eigenvalue weighted by Gasteiger charge is -2.36. The summed E-state index contributed by atoms with van der Waals surface area (Å²) >= 11 is 6.49.